The zero-order chi connectivity index (χ0) is 13.5. The van der Waals surface area contributed by atoms with E-state index < -0.39 is 0 Å². The number of amides is 1. The lowest BCUT2D eigenvalue weighted by atomic mass is 10.0. The van der Waals surface area contributed by atoms with Gasteiger partial charge in [-0.2, -0.15) is 5.10 Å². The monoisotopic (exact) mass is 254 g/mol. The second-order valence-electron chi connectivity index (χ2n) is 4.63. The molecule has 0 fully saturated rings. The van der Waals surface area contributed by atoms with Crippen LogP contribution in [0.2, 0.25) is 0 Å². The average molecular weight is 254 g/mol. The van der Waals surface area contributed by atoms with Crippen molar-refractivity contribution in [2.75, 3.05) is 13.2 Å². The Labute approximate surface area is 108 Å². The van der Waals surface area contributed by atoms with Gasteiger partial charge in [-0.05, 0) is 19.3 Å². The third-order valence-corrected chi connectivity index (χ3v) is 2.54. The molecule has 0 saturated carbocycles. The first-order chi connectivity index (χ1) is 8.54. The quantitative estimate of drug-likeness (QED) is 0.789. The molecule has 0 aliphatic rings. The molecule has 0 aromatic carbocycles. The number of nitrogens with one attached hydrogen (secondary N) is 1. The van der Waals surface area contributed by atoms with E-state index in [1.54, 1.807) is 4.68 Å². The molecule has 1 N–H and O–H groups in total. The van der Waals surface area contributed by atoms with E-state index in [9.17, 15) is 4.79 Å². The number of hydrogen-bond acceptors (Lipinski definition) is 4. The Kier molecular flexibility index (Phi) is 5.77. The van der Waals surface area contributed by atoms with Crippen LogP contribution in [0, 0.1) is 5.92 Å². The normalized spacial score (nSPS) is 12.7. The summed E-state index contributed by atoms with van der Waals surface area (Å²) in [6.45, 7) is 6.70. The molecule has 1 heterocycles. The molecule has 18 heavy (non-hydrogen) atoms. The van der Waals surface area contributed by atoms with E-state index in [1.807, 2.05) is 14.0 Å². The maximum atomic E-state index is 11.7. The summed E-state index contributed by atoms with van der Waals surface area (Å²) in [5.74, 6) is 1.11. The van der Waals surface area contributed by atoms with Crippen molar-refractivity contribution < 1.29 is 9.53 Å². The van der Waals surface area contributed by atoms with Gasteiger partial charge in [-0.15, -0.1) is 0 Å². The molecular weight excluding hydrogens is 232 g/mol. The number of hydrogen-bond donors (Lipinski definition) is 1. The number of ether oxygens (including phenoxy) is 1. The van der Waals surface area contributed by atoms with E-state index in [1.165, 1.54) is 6.33 Å². The minimum absolute atomic E-state index is 0.0863. The highest BCUT2D eigenvalue weighted by molar-refractivity contribution is 5.77. The van der Waals surface area contributed by atoms with E-state index in [-0.39, 0.29) is 18.6 Å². The SMILES string of the molecule is CCOCC(=O)NC(CC(C)C)c1ncnn1C. The Balaban J connectivity index is 2.67. The van der Waals surface area contributed by atoms with Gasteiger partial charge in [0.1, 0.15) is 18.8 Å². The summed E-state index contributed by atoms with van der Waals surface area (Å²) in [5, 5.41) is 6.98. The van der Waals surface area contributed by atoms with Crippen LogP contribution in [0.15, 0.2) is 6.33 Å². The average Bonchev–Trinajstić information content (AvgIpc) is 2.71. The first kappa shape index (κ1) is 14.6. The molecule has 6 nitrogen and oxygen atoms in total. The first-order valence-corrected chi connectivity index (χ1v) is 6.25. The molecule has 1 aromatic rings. The molecule has 1 unspecified atom stereocenters. The summed E-state index contributed by atoms with van der Waals surface area (Å²) in [5.41, 5.74) is 0. The number of carbonyl (C=O) groups excluding carboxylic acids is 1. The van der Waals surface area contributed by atoms with Crippen molar-refractivity contribution in [2.45, 2.75) is 33.2 Å². The van der Waals surface area contributed by atoms with Crippen LogP contribution < -0.4 is 5.32 Å². The maximum Gasteiger partial charge on any atom is 0.246 e. The fourth-order valence-electron chi connectivity index (χ4n) is 1.75. The van der Waals surface area contributed by atoms with Crippen molar-refractivity contribution in [3.05, 3.63) is 12.2 Å². The Bertz CT molecular complexity index is 376. The van der Waals surface area contributed by atoms with Gasteiger partial charge in [-0.3, -0.25) is 9.48 Å². The smallest absolute Gasteiger partial charge is 0.246 e. The van der Waals surface area contributed by atoms with Crippen molar-refractivity contribution in [1.82, 2.24) is 20.1 Å². The van der Waals surface area contributed by atoms with Crippen LogP contribution in [0.25, 0.3) is 0 Å². The first-order valence-electron chi connectivity index (χ1n) is 6.25. The van der Waals surface area contributed by atoms with Crippen LogP contribution in [-0.2, 0) is 16.6 Å². The van der Waals surface area contributed by atoms with Gasteiger partial charge in [0, 0.05) is 13.7 Å². The summed E-state index contributed by atoms with van der Waals surface area (Å²) in [7, 11) is 1.82. The Morgan fingerprint density at radius 2 is 2.28 bits per heavy atom. The van der Waals surface area contributed by atoms with Crippen LogP contribution in [-0.4, -0.2) is 33.9 Å². The summed E-state index contributed by atoms with van der Waals surface area (Å²) < 4.78 is 6.78. The summed E-state index contributed by atoms with van der Waals surface area (Å²) in [6.07, 6.45) is 2.32. The van der Waals surface area contributed by atoms with Gasteiger partial charge in [0.2, 0.25) is 5.91 Å². The fourth-order valence-corrected chi connectivity index (χ4v) is 1.75. The van der Waals surface area contributed by atoms with E-state index in [0.717, 1.165) is 12.2 Å². The number of aryl methyl sites for hydroxylation is 1. The highest BCUT2D eigenvalue weighted by Gasteiger charge is 2.20. The maximum absolute atomic E-state index is 11.7. The Hall–Kier alpha value is -1.43. The molecule has 102 valence electrons. The largest absolute Gasteiger partial charge is 0.372 e. The van der Waals surface area contributed by atoms with E-state index >= 15 is 0 Å². The second-order valence-corrected chi connectivity index (χ2v) is 4.63. The van der Waals surface area contributed by atoms with Crippen molar-refractivity contribution >= 4 is 5.91 Å². The van der Waals surface area contributed by atoms with Gasteiger partial charge in [0.25, 0.3) is 0 Å². The van der Waals surface area contributed by atoms with Crippen molar-refractivity contribution in [1.29, 1.82) is 0 Å². The zero-order valence-corrected chi connectivity index (χ0v) is 11.5. The van der Waals surface area contributed by atoms with Gasteiger partial charge in [-0.25, -0.2) is 4.98 Å². The number of carbonyl (C=O) groups is 1. The highest BCUT2D eigenvalue weighted by atomic mass is 16.5. The van der Waals surface area contributed by atoms with Crippen LogP contribution in [0.5, 0.6) is 0 Å². The van der Waals surface area contributed by atoms with Gasteiger partial charge < -0.3 is 10.1 Å². The molecule has 0 aliphatic heterocycles. The Morgan fingerprint density at radius 3 is 2.78 bits per heavy atom. The minimum atomic E-state index is -0.120. The summed E-state index contributed by atoms with van der Waals surface area (Å²) in [6, 6.07) is -0.120. The van der Waals surface area contributed by atoms with Crippen LogP contribution in [0.3, 0.4) is 0 Å². The third-order valence-electron chi connectivity index (χ3n) is 2.54. The van der Waals surface area contributed by atoms with E-state index in [4.69, 9.17) is 4.74 Å². The third kappa shape index (κ3) is 4.44. The number of aromatic nitrogens is 3. The molecule has 1 amide bonds. The minimum Gasteiger partial charge on any atom is -0.372 e. The summed E-state index contributed by atoms with van der Waals surface area (Å²) >= 11 is 0. The highest BCUT2D eigenvalue weighted by Crippen LogP contribution is 2.18. The lowest BCUT2D eigenvalue weighted by molar-refractivity contribution is -0.126. The van der Waals surface area contributed by atoms with Crippen molar-refractivity contribution in [2.24, 2.45) is 13.0 Å². The number of nitrogens with zero attached hydrogens (tertiary/aromatic N) is 3. The molecule has 0 radical (unpaired) electrons. The molecule has 0 aliphatic carbocycles. The van der Waals surface area contributed by atoms with Gasteiger partial charge in [0.05, 0.1) is 6.04 Å². The second kappa shape index (κ2) is 7.10. The molecule has 0 saturated heterocycles. The van der Waals surface area contributed by atoms with Crippen molar-refractivity contribution in [3.63, 3.8) is 0 Å². The van der Waals surface area contributed by atoms with Gasteiger partial charge >= 0.3 is 0 Å². The lowest BCUT2D eigenvalue weighted by Gasteiger charge is -2.19. The Morgan fingerprint density at radius 1 is 1.56 bits per heavy atom. The zero-order valence-electron chi connectivity index (χ0n) is 11.5. The molecule has 1 aromatic heterocycles. The summed E-state index contributed by atoms with van der Waals surface area (Å²) in [4.78, 5) is 15.9. The predicted molar refractivity (Wildman–Crippen MR) is 67.8 cm³/mol. The number of rotatable bonds is 7. The molecule has 1 atom stereocenters. The lowest BCUT2D eigenvalue weighted by Crippen LogP contribution is -2.34. The van der Waals surface area contributed by atoms with Gasteiger partial charge in [-0.1, -0.05) is 13.8 Å². The van der Waals surface area contributed by atoms with Crippen LogP contribution in [0.1, 0.15) is 39.1 Å². The van der Waals surface area contributed by atoms with Crippen LogP contribution in [0.4, 0.5) is 0 Å². The molecule has 0 spiro atoms. The standard InChI is InChI=1S/C12H22N4O2/c1-5-18-7-11(17)15-10(6-9(2)3)12-13-8-14-16(12)4/h8-10H,5-7H2,1-4H3,(H,15,17). The molecule has 1 rings (SSSR count). The molecule has 0 bridgehead atoms. The topological polar surface area (TPSA) is 69.0 Å². The molecular formula is C12H22N4O2. The van der Waals surface area contributed by atoms with E-state index in [0.29, 0.717) is 12.5 Å². The van der Waals surface area contributed by atoms with E-state index in [2.05, 4.69) is 29.2 Å². The fraction of sp³-hybridized carbons (Fsp3) is 0.750. The predicted octanol–water partition coefficient (Wildman–Crippen LogP) is 1.05. The van der Waals surface area contributed by atoms with Crippen molar-refractivity contribution in [3.8, 4) is 0 Å². The molecule has 6 heteroatoms. The van der Waals surface area contributed by atoms with Gasteiger partial charge in [0.15, 0.2) is 0 Å². The van der Waals surface area contributed by atoms with Crippen LogP contribution >= 0.6 is 0 Å².